The highest BCUT2D eigenvalue weighted by Gasteiger charge is 2.13. The second-order valence-corrected chi connectivity index (χ2v) is 6.94. The number of amides is 1. The molecule has 0 aromatic heterocycles. The monoisotopic (exact) mass is 538 g/mol. The van der Waals surface area contributed by atoms with Crippen LogP contribution in [0, 0.1) is 0 Å². The van der Waals surface area contributed by atoms with Crippen molar-refractivity contribution in [1.29, 1.82) is 0 Å². The topological polar surface area (TPSA) is 75.2 Å². The van der Waals surface area contributed by atoms with E-state index >= 15 is 0 Å². The summed E-state index contributed by atoms with van der Waals surface area (Å²) in [6, 6.07) is 13.4. The lowest BCUT2D eigenvalue weighted by atomic mass is 10.1. The van der Waals surface area contributed by atoms with Crippen molar-refractivity contribution in [3.8, 4) is 11.5 Å². The van der Waals surface area contributed by atoms with Crippen LogP contribution >= 0.6 is 24.0 Å². The predicted molar refractivity (Wildman–Crippen MR) is 135 cm³/mol. The Morgan fingerprint density at radius 3 is 2.35 bits per heavy atom. The molecule has 31 heavy (non-hydrogen) atoms. The lowest BCUT2D eigenvalue weighted by Gasteiger charge is -2.18. The highest BCUT2D eigenvalue weighted by atomic mass is 127. The lowest BCUT2D eigenvalue weighted by Crippen LogP contribution is -2.31. The summed E-state index contributed by atoms with van der Waals surface area (Å²) < 4.78 is 11.4. The van der Waals surface area contributed by atoms with Gasteiger partial charge in [0.15, 0.2) is 17.5 Å². The summed E-state index contributed by atoms with van der Waals surface area (Å²) in [7, 11) is 1.73. The summed E-state index contributed by atoms with van der Waals surface area (Å²) in [6.45, 7) is 7.30. The maximum Gasteiger partial charge on any atom is 0.253 e. The third kappa shape index (κ3) is 6.75. The minimum atomic E-state index is 0. The van der Waals surface area contributed by atoms with Crippen molar-refractivity contribution < 1.29 is 14.3 Å². The van der Waals surface area contributed by atoms with Gasteiger partial charge in [0.2, 0.25) is 0 Å². The summed E-state index contributed by atoms with van der Waals surface area (Å²) in [5, 5.41) is 6.56. The van der Waals surface area contributed by atoms with Crippen LogP contribution in [-0.2, 0) is 6.54 Å². The molecule has 1 aliphatic rings. The fourth-order valence-corrected chi connectivity index (χ4v) is 3.20. The number of fused-ring (bicyclic) bond motifs is 1. The van der Waals surface area contributed by atoms with Gasteiger partial charge in [-0.15, -0.1) is 24.0 Å². The zero-order chi connectivity index (χ0) is 21.3. The first kappa shape index (κ1) is 24.8. The van der Waals surface area contributed by atoms with E-state index < -0.39 is 0 Å². The Balaban J connectivity index is 0.00000341. The second kappa shape index (κ2) is 12.4. The summed E-state index contributed by atoms with van der Waals surface area (Å²) in [5.74, 6) is 2.21. The number of halogens is 1. The van der Waals surface area contributed by atoms with Crippen molar-refractivity contribution in [2.75, 3.05) is 38.7 Å². The zero-order valence-corrected chi connectivity index (χ0v) is 20.6. The van der Waals surface area contributed by atoms with Gasteiger partial charge in [-0.1, -0.05) is 12.1 Å². The molecule has 0 fully saturated rings. The Kier molecular flexibility index (Phi) is 9.90. The van der Waals surface area contributed by atoms with E-state index in [4.69, 9.17) is 9.47 Å². The van der Waals surface area contributed by atoms with Crippen molar-refractivity contribution in [3.05, 3.63) is 53.6 Å². The molecular weight excluding hydrogens is 507 g/mol. The molecule has 0 unspecified atom stereocenters. The molecule has 8 heteroatoms. The van der Waals surface area contributed by atoms with E-state index in [2.05, 4.69) is 15.6 Å². The fraction of sp³-hybridized carbons (Fsp3) is 0.391. The van der Waals surface area contributed by atoms with E-state index in [0.717, 1.165) is 29.2 Å². The molecule has 0 saturated carbocycles. The highest BCUT2D eigenvalue weighted by molar-refractivity contribution is 14.0. The van der Waals surface area contributed by atoms with Crippen LogP contribution in [0.4, 0.5) is 5.69 Å². The molecule has 1 heterocycles. The number of nitrogens with one attached hydrogen (secondary N) is 2. The summed E-state index contributed by atoms with van der Waals surface area (Å²) in [5.41, 5.74) is 2.64. The molecule has 2 aromatic rings. The molecular formula is C23H31IN4O3. The number of nitrogens with zero attached hydrogens (tertiary/aromatic N) is 2. The Bertz CT molecular complexity index is 883. The number of hydrogen-bond donors (Lipinski definition) is 2. The first-order chi connectivity index (χ1) is 14.6. The van der Waals surface area contributed by atoms with E-state index in [1.165, 1.54) is 0 Å². The maximum atomic E-state index is 12.4. The van der Waals surface area contributed by atoms with Gasteiger partial charge >= 0.3 is 0 Å². The largest absolute Gasteiger partial charge is 0.490 e. The smallest absolute Gasteiger partial charge is 0.253 e. The molecule has 0 radical (unpaired) electrons. The van der Waals surface area contributed by atoms with E-state index in [9.17, 15) is 4.79 Å². The minimum absolute atomic E-state index is 0. The molecule has 168 valence electrons. The molecule has 0 atom stereocenters. The number of guanidine groups is 1. The van der Waals surface area contributed by atoms with Crippen LogP contribution in [0.15, 0.2) is 47.5 Å². The average molecular weight is 538 g/mol. The van der Waals surface area contributed by atoms with Gasteiger partial charge in [0.05, 0.1) is 13.2 Å². The van der Waals surface area contributed by atoms with Crippen molar-refractivity contribution in [2.24, 2.45) is 4.99 Å². The number of carbonyl (C=O) groups excluding carboxylic acids is 1. The van der Waals surface area contributed by atoms with Crippen LogP contribution in [0.5, 0.6) is 11.5 Å². The third-order valence-electron chi connectivity index (χ3n) is 4.95. The van der Waals surface area contributed by atoms with Gasteiger partial charge in [-0.2, -0.15) is 0 Å². The summed E-state index contributed by atoms with van der Waals surface area (Å²) in [6.07, 6.45) is 0.875. The van der Waals surface area contributed by atoms with Gasteiger partial charge in [0.25, 0.3) is 5.91 Å². The number of carbonyl (C=O) groups is 1. The summed E-state index contributed by atoms with van der Waals surface area (Å²) >= 11 is 0. The van der Waals surface area contributed by atoms with Crippen molar-refractivity contribution in [2.45, 2.75) is 26.8 Å². The molecule has 1 aliphatic heterocycles. The predicted octanol–water partition coefficient (Wildman–Crippen LogP) is 4.14. The molecule has 7 nitrogen and oxygen atoms in total. The highest BCUT2D eigenvalue weighted by Crippen LogP contribution is 2.32. The van der Waals surface area contributed by atoms with Gasteiger partial charge in [-0.05, 0) is 43.7 Å². The number of ether oxygens (including phenoxy) is 2. The zero-order valence-electron chi connectivity index (χ0n) is 18.3. The molecule has 2 aromatic carbocycles. The quantitative estimate of drug-likeness (QED) is 0.329. The van der Waals surface area contributed by atoms with Crippen LogP contribution in [-0.4, -0.2) is 50.1 Å². The first-order valence-electron chi connectivity index (χ1n) is 10.4. The van der Waals surface area contributed by atoms with Gasteiger partial charge in [-0.3, -0.25) is 9.79 Å². The molecule has 3 rings (SSSR count). The molecule has 0 spiro atoms. The summed E-state index contributed by atoms with van der Waals surface area (Å²) in [4.78, 5) is 18.5. The molecule has 0 aliphatic carbocycles. The standard InChI is InChI=1S/C23H30N4O3.HI/c1-4-27(5-2)22(28)18-9-7-17(8-10-18)16-25-23(24-3)26-19-11-12-20-21(15-19)30-14-6-13-29-20;/h7-12,15H,4-6,13-14,16H2,1-3H3,(H2,24,25,26);1H. The number of aliphatic imine (C=N–C) groups is 1. The molecule has 0 bridgehead atoms. The molecule has 2 N–H and O–H groups in total. The Hall–Kier alpha value is -2.49. The van der Waals surface area contributed by atoms with Gasteiger partial charge < -0.3 is 25.0 Å². The van der Waals surface area contributed by atoms with Gasteiger partial charge in [0.1, 0.15) is 0 Å². The normalized spacial score (nSPS) is 12.9. The number of anilines is 1. The van der Waals surface area contributed by atoms with Gasteiger partial charge in [-0.25, -0.2) is 0 Å². The Labute approximate surface area is 201 Å². The van der Waals surface area contributed by atoms with Crippen LogP contribution < -0.4 is 20.1 Å². The van der Waals surface area contributed by atoms with E-state index in [-0.39, 0.29) is 29.9 Å². The van der Waals surface area contributed by atoms with Crippen LogP contribution in [0.3, 0.4) is 0 Å². The third-order valence-corrected chi connectivity index (χ3v) is 4.95. The Morgan fingerprint density at radius 2 is 1.71 bits per heavy atom. The van der Waals surface area contributed by atoms with Crippen LogP contribution in [0.1, 0.15) is 36.2 Å². The number of benzene rings is 2. The maximum absolute atomic E-state index is 12.4. The fourth-order valence-electron chi connectivity index (χ4n) is 3.20. The minimum Gasteiger partial charge on any atom is -0.490 e. The first-order valence-corrected chi connectivity index (χ1v) is 10.4. The number of rotatable bonds is 6. The van der Waals surface area contributed by atoms with E-state index in [1.807, 2.05) is 61.2 Å². The SMILES string of the molecule is CCN(CC)C(=O)c1ccc(CNC(=NC)Nc2ccc3c(c2)OCCCO3)cc1.I. The van der Waals surface area contributed by atoms with E-state index in [1.54, 1.807) is 7.05 Å². The van der Waals surface area contributed by atoms with Crippen LogP contribution in [0.25, 0.3) is 0 Å². The van der Waals surface area contributed by atoms with Crippen molar-refractivity contribution >= 4 is 41.5 Å². The van der Waals surface area contributed by atoms with E-state index in [0.29, 0.717) is 44.4 Å². The second-order valence-electron chi connectivity index (χ2n) is 6.94. The van der Waals surface area contributed by atoms with Crippen molar-refractivity contribution in [3.63, 3.8) is 0 Å². The van der Waals surface area contributed by atoms with Crippen molar-refractivity contribution in [1.82, 2.24) is 10.2 Å². The molecule has 0 saturated heterocycles. The Morgan fingerprint density at radius 1 is 1.03 bits per heavy atom. The average Bonchev–Trinajstić information content (AvgIpc) is 3.02. The lowest BCUT2D eigenvalue weighted by molar-refractivity contribution is 0.0773. The van der Waals surface area contributed by atoms with Gasteiger partial charge in [0, 0.05) is 50.4 Å². The molecule has 1 amide bonds. The number of hydrogen-bond acceptors (Lipinski definition) is 4. The van der Waals surface area contributed by atoms with Crippen LogP contribution in [0.2, 0.25) is 0 Å².